The quantitative estimate of drug-likeness (QED) is 0.247. The maximum absolute atomic E-state index is 6.51. The molecule has 4 heteroatoms. The fourth-order valence-electron chi connectivity index (χ4n) is 4.57. The van der Waals surface area contributed by atoms with E-state index in [1.165, 1.54) is 15.9 Å². The second-order valence-electron chi connectivity index (χ2n) is 8.61. The second kappa shape index (κ2) is 9.62. The van der Waals surface area contributed by atoms with Crippen molar-refractivity contribution in [3.8, 4) is 22.6 Å². The van der Waals surface area contributed by atoms with E-state index in [-0.39, 0.29) is 0 Å². The van der Waals surface area contributed by atoms with Gasteiger partial charge in [0.15, 0.2) is 5.82 Å². The summed E-state index contributed by atoms with van der Waals surface area (Å²) >= 11 is 6.51. The molecule has 172 valence electrons. The predicted molar refractivity (Wildman–Crippen MR) is 156 cm³/mol. The van der Waals surface area contributed by atoms with Gasteiger partial charge in [0.05, 0.1) is 11.2 Å². The summed E-state index contributed by atoms with van der Waals surface area (Å²) in [6, 6.07) is 45.9. The number of aromatic nitrogens is 2. The van der Waals surface area contributed by atoms with Crippen molar-refractivity contribution in [1.82, 2.24) is 9.97 Å². The van der Waals surface area contributed by atoms with Gasteiger partial charge in [-0.25, -0.2) is 9.97 Å². The van der Waals surface area contributed by atoms with Crippen molar-refractivity contribution in [3.05, 3.63) is 140 Å². The van der Waals surface area contributed by atoms with Gasteiger partial charge in [0.2, 0.25) is 0 Å². The highest BCUT2D eigenvalue weighted by atomic mass is 32.4. The molecule has 0 aliphatic carbocycles. The molecule has 36 heavy (non-hydrogen) atoms. The summed E-state index contributed by atoms with van der Waals surface area (Å²) in [7, 11) is 0. The van der Waals surface area contributed by atoms with Crippen molar-refractivity contribution in [1.29, 1.82) is 0 Å². The lowest BCUT2D eigenvalue weighted by Gasteiger charge is -2.24. The van der Waals surface area contributed by atoms with E-state index < -0.39 is 6.04 Å². The van der Waals surface area contributed by atoms with Crippen LogP contribution >= 0.6 is 6.04 Å². The van der Waals surface area contributed by atoms with Gasteiger partial charge >= 0.3 is 0 Å². The molecule has 1 aromatic heterocycles. The Morgan fingerprint density at radius 2 is 0.944 bits per heavy atom. The lowest BCUT2D eigenvalue weighted by molar-refractivity contribution is 1.23. The number of rotatable bonds is 5. The molecule has 0 saturated heterocycles. The number of para-hydroxylation sites is 1. The van der Waals surface area contributed by atoms with Crippen molar-refractivity contribution in [2.24, 2.45) is 0 Å². The SMILES string of the molecule is S=P(c1ccccc1)(c1ccccc1)c1ccc(-c2nc(-c3ccccc3)nc3ccccc23)cc1. The van der Waals surface area contributed by atoms with Gasteiger partial charge < -0.3 is 0 Å². The Balaban J connectivity index is 1.50. The van der Waals surface area contributed by atoms with Gasteiger partial charge in [-0.1, -0.05) is 145 Å². The third-order valence-corrected chi connectivity index (χ3v) is 11.4. The lowest BCUT2D eigenvalue weighted by Crippen LogP contribution is -2.24. The number of hydrogen-bond donors (Lipinski definition) is 0. The van der Waals surface area contributed by atoms with Crippen LogP contribution in [-0.4, -0.2) is 9.97 Å². The third-order valence-electron chi connectivity index (χ3n) is 6.38. The molecule has 2 nitrogen and oxygen atoms in total. The zero-order valence-corrected chi connectivity index (χ0v) is 21.2. The van der Waals surface area contributed by atoms with Gasteiger partial charge in [-0.2, -0.15) is 0 Å². The molecule has 0 saturated carbocycles. The van der Waals surface area contributed by atoms with E-state index in [1.54, 1.807) is 0 Å². The summed E-state index contributed by atoms with van der Waals surface area (Å²) in [5, 5.41) is 4.59. The summed E-state index contributed by atoms with van der Waals surface area (Å²) in [5.74, 6) is 0.729. The molecule has 5 aromatic carbocycles. The van der Waals surface area contributed by atoms with Crippen LogP contribution in [0.25, 0.3) is 33.5 Å². The summed E-state index contributed by atoms with van der Waals surface area (Å²) in [4.78, 5) is 9.87. The maximum atomic E-state index is 6.51. The van der Waals surface area contributed by atoms with E-state index in [9.17, 15) is 0 Å². The van der Waals surface area contributed by atoms with Crippen LogP contribution in [0, 0.1) is 0 Å². The Hall–Kier alpha value is -3.91. The van der Waals surface area contributed by atoms with Crippen LogP contribution in [0.4, 0.5) is 0 Å². The average molecular weight is 499 g/mol. The molecule has 0 aliphatic heterocycles. The molecule has 0 radical (unpaired) electrons. The molecule has 0 unspecified atom stereocenters. The molecule has 6 rings (SSSR count). The summed E-state index contributed by atoms with van der Waals surface area (Å²) < 4.78 is 0. The van der Waals surface area contributed by atoms with Crippen LogP contribution in [0.2, 0.25) is 0 Å². The fraction of sp³-hybridized carbons (Fsp3) is 0. The lowest BCUT2D eigenvalue weighted by atomic mass is 10.1. The van der Waals surface area contributed by atoms with Crippen LogP contribution in [0.1, 0.15) is 0 Å². The highest BCUT2D eigenvalue weighted by Crippen LogP contribution is 2.43. The first-order valence-electron chi connectivity index (χ1n) is 11.9. The predicted octanol–water partition coefficient (Wildman–Crippen LogP) is 6.72. The van der Waals surface area contributed by atoms with E-state index in [0.717, 1.165) is 33.5 Å². The molecule has 0 spiro atoms. The molecule has 6 aromatic rings. The van der Waals surface area contributed by atoms with Gasteiger partial charge in [-0.15, -0.1) is 0 Å². The highest BCUT2D eigenvalue weighted by molar-refractivity contribution is 8.25. The fourth-order valence-corrected chi connectivity index (χ4v) is 8.31. The zero-order chi connectivity index (χ0) is 24.4. The van der Waals surface area contributed by atoms with Gasteiger partial charge in [-0.3, -0.25) is 0 Å². The molecule has 0 aliphatic rings. The summed E-state index contributed by atoms with van der Waals surface area (Å²) in [6.45, 7) is 0. The van der Waals surface area contributed by atoms with E-state index in [1.807, 2.05) is 60.7 Å². The first-order valence-corrected chi connectivity index (χ1v) is 14.7. The smallest absolute Gasteiger partial charge is 0.160 e. The minimum absolute atomic E-state index is 0.729. The van der Waals surface area contributed by atoms with E-state index >= 15 is 0 Å². The van der Waals surface area contributed by atoms with Crippen LogP contribution in [0.3, 0.4) is 0 Å². The molecule has 0 fully saturated rings. The van der Waals surface area contributed by atoms with Gasteiger partial charge in [0.25, 0.3) is 0 Å². The number of hydrogen-bond acceptors (Lipinski definition) is 3. The van der Waals surface area contributed by atoms with Gasteiger partial charge in [0.1, 0.15) is 0 Å². The van der Waals surface area contributed by atoms with Crippen molar-refractivity contribution in [2.45, 2.75) is 0 Å². The second-order valence-corrected chi connectivity index (χ2v) is 13.0. The highest BCUT2D eigenvalue weighted by Gasteiger charge is 2.24. The molecular weight excluding hydrogens is 475 g/mol. The Bertz CT molecular complexity index is 1640. The number of nitrogens with zero attached hydrogens (tertiary/aromatic N) is 2. The Morgan fingerprint density at radius 3 is 1.56 bits per heavy atom. The van der Waals surface area contributed by atoms with Gasteiger partial charge in [0, 0.05) is 22.6 Å². The van der Waals surface area contributed by atoms with E-state index in [4.69, 9.17) is 21.8 Å². The van der Waals surface area contributed by atoms with Crippen molar-refractivity contribution in [2.75, 3.05) is 0 Å². The molecule has 0 atom stereocenters. The van der Waals surface area contributed by atoms with Crippen LogP contribution in [-0.2, 0) is 11.8 Å². The molecule has 1 heterocycles. The minimum atomic E-state index is -2.19. The molecule has 0 amide bonds. The van der Waals surface area contributed by atoms with Crippen molar-refractivity contribution >= 4 is 44.7 Å². The first kappa shape index (κ1) is 22.5. The van der Waals surface area contributed by atoms with Crippen LogP contribution in [0.15, 0.2) is 140 Å². The maximum Gasteiger partial charge on any atom is 0.160 e. The monoisotopic (exact) mass is 498 g/mol. The summed E-state index contributed by atoms with van der Waals surface area (Å²) in [6.07, 6.45) is 0. The van der Waals surface area contributed by atoms with E-state index in [0.29, 0.717) is 0 Å². The summed E-state index contributed by atoms with van der Waals surface area (Å²) in [5.41, 5.74) is 3.92. The molecule has 0 N–H and O–H groups in total. The largest absolute Gasteiger partial charge is 0.228 e. The number of benzene rings is 5. The average Bonchev–Trinajstić information content (AvgIpc) is 2.97. The Labute approximate surface area is 216 Å². The minimum Gasteiger partial charge on any atom is -0.228 e. The Kier molecular flexibility index (Phi) is 6.03. The standard InChI is InChI=1S/C32H23N2PS/c36-35(26-14-6-2-7-15-26,27-16-8-3-9-17-27)28-22-20-24(21-23-28)31-29-18-10-11-19-30(29)33-32(34-31)25-12-4-1-5-13-25/h1-23H. The van der Waals surface area contributed by atoms with Crippen LogP contribution in [0.5, 0.6) is 0 Å². The van der Waals surface area contributed by atoms with Crippen molar-refractivity contribution in [3.63, 3.8) is 0 Å². The zero-order valence-electron chi connectivity index (χ0n) is 19.5. The number of fused-ring (bicyclic) bond motifs is 1. The molecular formula is C32H23N2PS. The molecule has 0 bridgehead atoms. The van der Waals surface area contributed by atoms with E-state index in [2.05, 4.69) is 78.9 Å². The third kappa shape index (κ3) is 4.07. The Morgan fingerprint density at radius 1 is 0.444 bits per heavy atom. The van der Waals surface area contributed by atoms with Gasteiger partial charge in [-0.05, 0) is 22.0 Å². The first-order chi connectivity index (χ1) is 17.7. The van der Waals surface area contributed by atoms with Crippen molar-refractivity contribution < 1.29 is 0 Å². The normalized spacial score (nSPS) is 11.4. The van der Waals surface area contributed by atoms with Crippen LogP contribution < -0.4 is 15.9 Å². The topological polar surface area (TPSA) is 25.8 Å².